The first-order chi connectivity index (χ1) is 5.43. The van der Waals surface area contributed by atoms with E-state index in [1.807, 2.05) is 0 Å². The molecule has 0 spiro atoms. The molecule has 0 saturated carbocycles. The first-order valence-corrected chi connectivity index (χ1v) is 10.3. The molecule has 0 aromatic rings. The van der Waals surface area contributed by atoms with Gasteiger partial charge in [-0.25, -0.2) is 0 Å². The second kappa shape index (κ2) is 3.93. The van der Waals surface area contributed by atoms with Crippen LogP contribution in [-0.4, -0.2) is 37.2 Å². The Morgan fingerprint density at radius 1 is 1.42 bits per heavy atom. The summed E-state index contributed by atoms with van der Waals surface area (Å²) in [6, 6.07) is 0. The normalized spacial score (nSPS) is 32.7. The van der Waals surface area contributed by atoms with Crippen LogP contribution < -0.4 is 0 Å². The molecule has 74 valence electrons. The van der Waals surface area contributed by atoms with E-state index in [1.165, 1.54) is 0 Å². The van der Waals surface area contributed by atoms with E-state index < -0.39 is 7.26 Å². The molecule has 1 fully saturated rings. The molecule has 0 aromatic heterocycles. The van der Waals surface area contributed by atoms with Gasteiger partial charge in [-0.15, -0.1) is 0 Å². The molecule has 0 radical (unpaired) electrons. The molecule has 12 heavy (non-hydrogen) atoms. The van der Waals surface area contributed by atoms with Crippen LogP contribution in [-0.2, 0) is 0 Å². The van der Waals surface area contributed by atoms with Crippen molar-refractivity contribution < 1.29 is 0 Å². The third-order valence-electron chi connectivity index (χ3n) is 3.20. The van der Waals surface area contributed by atoms with E-state index in [9.17, 15) is 0 Å². The standard InChI is InChI=1S/C10H24P2/c1-9(2)11(4)8-12(5)6-10(3)7-12/h9-10,12H,6-8H2,1-5H3. The van der Waals surface area contributed by atoms with Crippen LogP contribution in [0.3, 0.4) is 0 Å². The fourth-order valence-corrected chi connectivity index (χ4v) is 13.1. The van der Waals surface area contributed by atoms with Crippen LogP contribution in [0, 0.1) is 5.92 Å². The van der Waals surface area contributed by atoms with Gasteiger partial charge in [-0.05, 0) is 0 Å². The van der Waals surface area contributed by atoms with Crippen LogP contribution >= 0.6 is 15.2 Å². The zero-order chi connectivity index (χ0) is 9.35. The van der Waals surface area contributed by atoms with Gasteiger partial charge in [-0.2, -0.15) is 0 Å². The summed E-state index contributed by atoms with van der Waals surface area (Å²) in [7, 11) is -0.296. The van der Waals surface area contributed by atoms with Crippen molar-refractivity contribution >= 4 is 15.2 Å². The van der Waals surface area contributed by atoms with Crippen molar-refractivity contribution in [1.29, 1.82) is 0 Å². The molecular weight excluding hydrogens is 182 g/mol. The number of rotatable bonds is 3. The van der Waals surface area contributed by atoms with Crippen molar-refractivity contribution in [2.45, 2.75) is 26.4 Å². The zero-order valence-electron chi connectivity index (χ0n) is 9.22. The summed E-state index contributed by atoms with van der Waals surface area (Å²) in [5.74, 6) is 2.71. The van der Waals surface area contributed by atoms with Gasteiger partial charge < -0.3 is 0 Å². The van der Waals surface area contributed by atoms with Crippen LogP contribution in [0.25, 0.3) is 0 Å². The Morgan fingerprint density at radius 2 is 1.92 bits per heavy atom. The first kappa shape index (κ1) is 10.9. The van der Waals surface area contributed by atoms with Crippen LogP contribution in [0.1, 0.15) is 20.8 Å². The molecule has 2 heteroatoms. The van der Waals surface area contributed by atoms with Crippen molar-refractivity contribution in [2.24, 2.45) is 5.92 Å². The van der Waals surface area contributed by atoms with Gasteiger partial charge in [0, 0.05) is 0 Å². The van der Waals surface area contributed by atoms with Gasteiger partial charge in [0.1, 0.15) is 0 Å². The van der Waals surface area contributed by atoms with Gasteiger partial charge >= 0.3 is 79.1 Å². The second-order valence-corrected chi connectivity index (χ2v) is 13.6. The molecule has 1 aliphatic rings. The molecule has 0 aliphatic carbocycles. The van der Waals surface area contributed by atoms with Gasteiger partial charge in [0.25, 0.3) is 0 Å². The monoisotopic (exact) mass is 206 g/mol. The molecule has 0 amide bonds. The van der Waals surface area contributed by atoms with Crippen molar-refractivity contribution in [1.82, 2.24) is 0 Å². The molecule has 1 heterocycles. The average Bonchev–Trinajstić information content (AvgIpc) is 1.83. The maximum atomic E-state index is 2.62. The van der Waals surface area contributed by atoms with Crippen molar-refractivity contribution in [3.63, 3.8) is 0 Å². The molecular formula is C10H24P2. The predicted molar refractivity (Wildman–Crippen MR) is 66.0 cm³/mol. The SMILES string of the molecule is CC1C[PH](C)(CP(C)C(C)C)C1. The van der Waals surface area contributed by atoms with Gasteiger partial charge in [-0.1, -0.05) is 0 Å². The van der Waals surface area contributed by atoms with E-state index in [0.29, 0.717) is 7.92 Å². The minimum atomic E-state index is -0.657. The summed E-state index contributed by atoms with van der Waals surface area (Å²) in [5.41, 5.74) is 0.959. The second-order valence-electron chi connectivity index (χ2n) is 5.33. The van der Waals surface area contributed by atoms with Crippen LogP contribution in [0.4, 0.5) is 0 Å². The van der Waals surface area contributed by atoms with E-state index in [4.69, 9.17) is 0 Å². The summed E-state index contributed by atoms with van der Waals surface area (Å²) in [4.78, 5) is 0. The predicted octanol–water partition coefficient (Wildman–Crippen LogP) is 3.49. The topological polar surface area (TPSA) is 0 Å². The van der Waals surface area contributed by atoms with Crippen LogP contribution in [0.15, 0.2) is 0 Å². The van der Waals surface area contributed by atoms with Gasteiger partial charge in [-0.3, -0.25) is 0 Å². The summed E-state index contributed by atoms with van der Waals surface area (Å²) >= 11 is 0. The third-order valence-corrected chi connectivity index (χ3v) is 13.4. The summed E-state index contributed by atoms with van der Waals surface area (Å²) in [6.45, 7) is 12.3. The van der Waals surface area contributed by atoms with Crippen LogP contribution in [0.5, 0.6) is 0 Å². The molecule has 1 aliphatic heterocycles. The Balaban J connectivity index is 2.31. The van der Waals surface area contributed by atoms with E-state index in [-0.39, 0.29) is 0 Å². The molecule has 1 unspecified atom stereocenters. The third kappa shape index (κ3) is 2.68. The van der Waals surface area contributed by atoms with Gasteiger partial charge in [0.2, 0.25) is 0 Å². The number of hydrogen-bond donors (Lipinski definition) is 0. The minimum absolute atomic E-state index is 0.361. The van der Waals surface area contributed by atoms with Crippen molar-refractivity contribution in [3.05, 3.63) is 0 Å². The summed E-state index contributed by atoms with van der Waals surface area (Å²) in [5, 5.41) is 0. The Hall–Kier alpha value is 0.860. The van der Waals surface area contributed by atoms with Crippen molar-refractivity contribution in [3.8, 4) is 0 Å². The molecule has 0 nitrogen and oxygen atoms in total. The number of hydrogen-bond acceptors (Lipinski definition) is 0. The molecule has 1 atom stereocenters. The zero-order valence-corrected chi connectivity index (χ0v) is 11.1. The maximum absolute atomic E-state index is 2.62. The van der Waals surface area contributed by atoms with Gasteiger partial charge in [0.15, 0.2) is 0 Å². The average molecular weight is 206 g/mol. The van der Waals surface area contributed by atoms with E-state index in [1.54, 1.807) is 18.2 Å². The van der Waals surface area contributed by atoms with Crippen molar-refractivity contribution in [2.75, 3.05) is 31.6 Å². The molecule has 1 saturated heterocycles. The van der Waals surface area contributed by atoms with Gasteiger partial charge in [0.05, 0.1) is 0 Å². The fraction of sp³-hybridized carbons (Fsp3) is 1.00. The summed E-state index contributed by atoms with van der Waals surface area (Å²) < 4.78 is 0. The molecule has 1 rings (SSSR count). The first-order valence-electron chi connectivity index (χ1n) is 5.13. The van der Waals surface area contributed by atoms with E-state index in [2.05, 4.69) is 34.1 Å². The Morgan fingerprint density at radius 3 is 2.25 bits per heavy atom. The Bertz CT molecular complexity index is 148. The quantitative estimate of drug-likeness (QED) is 0.620. The summed E-state index contributed by atoms with van der Waals surface area (Å²) in [6.07, 6.45) is 3.23. The molecule has 0 N–H and O–H groups in total. The van der Waals surface area contributed by atoms with Crippen LogP contribution in [0.2, 0.25) is 0 Å². The molecule has 0 bridgehead atoms. The fourth-order valence-electron chi connectivity index (χ4n) is 2.54. The van der Waals surface area contributed by atoms with E-state index in [0.717, 1.165) is 11.6 Å². The molecule has 0 aromatic carbocycles. The Kier molecular flexibility index (Phi) is 3.58. The van der Waals surface area contributed by atoms with E-state index >= 15 is 0 Å². The Labute approximate surface area is 79.6 Å².